The molecule has 0 atom stereocenters. The van der Waals surface area contributed by atoms with Gasteiger partial charge in [0.15, 0.2) is 0 Å². The van der Waals surface area contributed by atoms with Crippen molar-refractivity contribution < 1.29 is 0 Å². The second kappa shape index (κ2) is 4.94. The highest BCUT2D eigenvalue weighted by molar-refractivity contribution is 7.98. The van der Waals surface area contributed by atoms with Crippen molar-refractivity contribution in [3.05, 3.63) is 48.3 Å². The van der Waals surface area contributed by atoms with Crippen LogP contribution in [0.5, 0.6) is 0 Å². The predicted molar refractivity (Wildman–Crippen MR) is 66.3 cm³/mol. The van der Waals surface area contributed by atoms with Crippen LogP contribution in [0, 0.1) is 0 Å². The normalized spacial score (nSPS) is 10.2. The van der Waals surface area contributed by atoms with Crippen molar-refractivity contribution in [2.75, 3.05) is 11.6 Å². The zero-order chi connectivity index (χ0) is 10.5. The van der Waals surface area contributed by atoms with E-state index in [-0.39, 0.29) is 0 Å². The second-order valence-electron chi connectivity index (χ2n) is 3.30. The van der Waals surface area contributed by atoms with E-state index in [9.17, 15) is 0 Å². The third-order valence-corrected chi connectivity index (χ3v) is 2.95. The molecular formula is C12H14N2S. The molecule has 0 saturated heterocycles. The summed E-state index contributed by atoms with van der Waals surface area (Å²) in [5.74, 6) is 0. The Bertz CT molecular complexity index is 409. The molecule has 1 aromatic heterocycles. The van der Waals surface area contributed by atoms with Gasteiger partial charge >= 0.3 is 0 Å². The zero-order valence-corrected chi connectivity index (χ0v) is 9.47. The number of aromatic nitrogens is 1. The van der Waals surface area contributed by atoms with Crippen molar-refractivity contribution in [1.29, 1.82) is 0 Å². The maximum absolute atomic E-state index is 3.39. The summed E-state index contributed by atoms with van der Waals surface area (Å²) in [7, 11) is 0. The highest BCUT2D eigenvalue weighted by Crippen LogP contribution is 2.19. The second-order valence-corrected chi connectivity index (χ2v) is 4.18. The lowest BCUT2D eigenvalue weighted by Crippen LogP contribution is -1.97. The molecule has 2 nitrogen and oxygen atoms in total. The van der Waals surface area contributed by atoms with Crippen LogP contribution in [-0.4, -0.2) is 11.2 Å². The van der Waals surface area contributed by atoms with Gasteiger partial charge in [0.2, 0.25) is 0 Å². The molecule has 0 aliphatic heterocycles. The summed E-state index contributed by atoms with van der Waals surface area (Å²) in [6.07, 6.45) is 6.03. The predicted octanol–water partition coefficient (Wildman–Crippen LogP) is 3.35. The van der Waals surface area contributed by atoms with Crippen LogP contribution in [0.4, 0.5) is 5.69 Å². The minimum atomic E-state index is 0.862. The van der Waals surface area contributed by atoms with E-state index in [4.69, 9.17) is 0 Å². The first-order chi connectivity index (χ1) is 7.38. The van der Waals surface area contributed by atoms with Crippen LogP contribution in [0.3, 0.4) is 0 Å². The van der Waals surface area contributed by atoms with Gasteiger partial charge in [0.05, 0.1) is 0 Å². The number of anilines is 1. The van der Waals surface area contributed by atoms with Crippen molar-refractivity contribution >= 4 is 17.4 Å². The molecular weight excluding hydrogens is 204 g/mol. The molecule has 78 valence electrons. The number of rotatable bonds is 4. The molecule has 15 heavy (non-hydrogen) atoms. The van der Waals surface area contributed by atoms with Crippen LogP contribution in [0.2, 0.25) is 0 Å². The lowest BCUT2D eigenvalue weighted by molar-refractivity contribution is 1.15. The van der Waals surface area contributed by atoms with E-state index >= 15 is 0 Å². The van der Waals surface area contributed by atoms with Crippen molar-refractivity contribution in [2.24, 2.45) is 0 Å². The Balaban J connectivity index is 1.98. The summed E-state index contributed by atoms with van der Waals surface area (Å²) in [5, 5.41) is 3.39. The molecule has 1 aromatic carbocycles. The minimum Gasteiger partial charge on any atom is -0.381 e. The first-order valence-corrected chi connectivity index (χ1v) is 6.10. The Labute approximate surface area is 94.1 Å². The molecule has 0 saturated carbocycles. The van der Waals surface area contributed by atoms with Crippen LogP contribution in [0.25, 0.3) is 0 Å². The highest BCUT2D eigenvalue weighted by atomic mass is 32.2. The molecule has 0 radical (unpaired) electrons. The summed E-state index contributed by atoms with van der Waals surface area (Å²) in [6, 6.07) is 10.5. The van der Waals surface area contributed by atoms with Crippen LogP contribution in [0.15, 0.2) is 47.6 Å². The van der Waals surface area contributed by atoms with Crippen molar-refractivity contribution in [1.82, 2.24) is 4.98 Å². The van der Waals surface area contributed by atoms with E-state index in [0.29, 0.717) is 0 Å². The van der Waals surface area contributed by atoms with Crippen LogP contribution >= 0.6 is 11.8 Å². The Morgan fingerprint density at radius 1 is 1.33 bits per heavy atom. The quantitative estimate of drug-likeness (QED) is 0.770. The number of benzene rings is 1. The average Bonchev–Trinajstić information content (AvgIpc) is 2.79. The number of thioether (sulfide) groups is 1. The molecule has 3 heteroatoms. The smallest absolute Gasteiger partial charge is 0.0415 e. The average molecular weight is 218 g/mol. The number of H-pyrrole nitrogens is 1. The van der Waals surface area contributed by atoms with Crippen LogP contribution in [-0.2, 0) is 6.54 Å². The maximum atomic E-state index is 3.39. The molecule has 0 aliphatic rings. The third-order valence-electron chi connectivity index (χ3n) is 2.23. The lowest BCUT2D eigenvalue weighted by Gasteiger charge is -2.06. The van der Waals surface area contributed by atoms with Gasteiger partial charge in [-0.1, -0.05) is 6.07 Å². The first-order valence-electron chi connectivity index (χ1n) is 4.88. The maximum Gasteiger partial charge on any atom is 0.0415 e. The largest absolute Gasteiger partial charge is 0.381 e. The van der Waals surface area contributed by atoms with E-state index < -0.39 is 0 Å². The summed E-state index contributed by atoms with van der Waals surface area (Å²) < 4.78 is 0. The molecule has 0 aliphatic carbocycles. The van der Waals surface area contributed by atoms with Gasteiger partial charge in [0.25, 0.3) is 0 Å². The Morgan fingerprint density at radius 3 is 3.00 bits per heavy atom. The molecule has 1 heterocycles. The number of hydrogen-bond acceptors (Lipinski definition) is 2. The molecule has 0 bridgehead atoms. The van der Waals surface area contributed by atoms with Gasteiger partial charge in [-0.15, -0.1) is 11.8 Å². The minimum absolute atomic E-state index is 0.862. The fourth-order valence-corrected chi connectivity index (χ4v) is 1.86. The molecule has 2 N–H and O–H groups in total. The Morgan fingerprint density at radius 2 is 2.27 bits per heavy atom. The fourth-order valence-electron chi connectivity index (χ4n) is 1.41. The number of nitrogens with one attached hydrogen (secondary N) is 2. The highest BCUT2D eigenvalue weighted by Gasteiger charge is 1.95. The summed E-state index contributed by atoms with van der Waals surface area (Å²) in [4.78, 5) is 4.33. The fraction of sp³-hybridized carbons (Fsp3) is 0.167. The molecule has 0 spiro atoms. The topological polar surface area (TPSA) is 27.8 Å². The van der Waals surface area contributed by atoms with Gasteiger partial charge in [-0.3, -0.25) is 0 Å². The van der Waals surface area contributed by atoms with Gasteiger partial charge in [-0.25, -0.2) is 0 Å². The molecule has 2 rings (SSSR count). The van der Waals surface area contributed by atoms with Crippen molar-refractivity contribution in [2.45, 2.75) is 11.4 Å². The van der Waals surface area contributed by atoms with Gasteiger partial charge in [0, 0.05) is 29.5 Å². The Kier molecular flexibility index (Phi) is 3.35. The van der Waals surface area contributed by atoms with E-state index in [0.717, 1.165) is 6.54 Å². The third kappa shape index (κ3) is 2.80. The summed E-state index contributed by atoms with van der Waals surface area (Å²) >= 11 is 1.76. The summed E-state index contributed by atoms with van der Waals surface area (Å²) in [5.41, 5.74) is 2.44. The van der Waals surface area contributed by atoms with Crippen LogP contribution < -0.4 is 5.32 Å². The summed E-state index contributed by atoms with van der Waals surface area (Å²) in [6.45, 7) is 0.862. The van der Waals surface area contributed by atoms with E-state index in [1.54, 1.807) is 11.8 Å². The van der Waals surface area contributed by atoms with E-state index in [1.807, 2.05) is 12.4 Å². The van der Waals surface area contributed by atoms with Crippen molar-refractivity contribution in [3.8, 4) is 0 Å². The SMILES string of the molecule is CSc1cccc(NCc2cc[nH]c2)c1. The standard InChI is InChI=1S/C12H14N2S/c1-15-12-4-2-3-11(7-12)14-9-10-5-6-13-8-10/h2-8,13-14H,9H2,1H3. The van der Waals surface area contributed by atoms with Gasteiger partial charge < -0.3 is 10.3 Å². The van der Waals surface area contributed by atoms with E-state index in [1.165, 1.54) is 16.1 Å². The zero-order valence-electron chi connectivity index (χ0n) is 8.66. The van der Waals surface area contributed by atoms with Gasteiger partial charge in [0.1, 0.15) is 0 Å². The molecule has 2 aromatic rings. The van der Waals surface area contributed by atoms with Crippen LogP contribution in [0.1, 0.15) is 5.56 Å². The molecule has 0 unspecified atom stereocenters. The van der Waals surface area contributed by atoms with Gasteiger partial charge in [-0.2, -0.15) is 0 Å². The molecule has 0 amide bonds. The first kappa shape index (κ1) is 10.2. The number of hydrogen-bond donors (Lipinski definition) is 2. The molecule has 0 fully saturated rings. The Hall–Kier alpha value is -1.35. The lowest BCUT2D eigenvalue weighted by atomic mass is 10.3. The van der Waals surface area contributed by atoms with Crippen molar-refractivity contribution in [3.63, 3.8) is 0 Å². The monoisotopic (exact) mass is 218 g/mol. The number of aromatic amines is 1. The van der Waals surface area contributed by atoms with Gasteiger partial charge in [-0.05, 0) is 36.1 Å². The van der Waals surface area contributed by atoms with E-state index in [2.05, 4.69) is 46.9 Å².